The third-order valence-electron chi connectivity index (χ3n) is 1.21. The third kappa shape index (κ3) is 2.63. The Bertz CT molecular complexity index is 350. The number of hydrogen-bond donors (Lipinski definition) is 0. The Balaban J connectivity index is 2.87. The SMILES string of the molecule is Cc1cc(OC(F)(F)F)sc1C#N. The predicted molar refractivity (Wildman–Crippen MR) is 40.5 cm³/mol. The molecule has 0 radical (unpaired) electrons. The summed E-state index contributed by atoms with van der Waals surface area (Å²) in [7, 11) is 0. The quantitative estimate of drug-likeness (QED) is 0.709. The molecule has 0 fully saturated rings. The average Bonchev–Trinajstić information content (AvgIpc) is 2.26. The molecule has 0 amide bonds. The molecule has 0 bridgehead atoms. The Morgan fingerprint density at radius 1 is 1.54 bits per heavy atom. The van der Waals surface area contributed by atoms with Crippen LogP contribution in [-0.2, 0) is 0 Å². The molecule has 1 heterocycles. The minimum atomic E-state index is -4.69. The van der Waals surface area contributed by atoms with Crippen LogP contribution in [0.5, 0.6) is 5.06 Å². The third-order valence-corrected chi connectivity index (χ3v) is 2.23. The van der Waals surface area contributed by atoms with Crippen molar-refractivity contribution in [3.63, 3.8) is 0 Å². The maximum absolute atomic E-state index is 11.7. The second-order valence-corrected chi connectivity index (χ2v) is 3.25. The molecule has 6 heteroatoms. The largest absolute Gasteiger partial charge is 0.573 e. The van der Waals surface area contributed by atoms with Crippen molar-refractivity contribution in [1.82, 2.24) is 0 Å². The summed E-state index contributed by atoms with van der Waals surface area (Å²) in [6.07, 6.45) is -4.69. The van der Waals surface area contributed by atoms with Crippen LogP contribution in [0.1, 0.15) is 10.4 Å². The van der Waals surface area contributed by atoms with Gasteiger partial charge in [-0.2, -0.15) is 5.26 Å². The summed E-state index contributed by atoms with van der Waals surface area (Å²) in [4.78, 5) is 0.235. The summed E-state index contributed by atoms with van der Waals surface area (Å²) in [6.45, 7) is 1.55. The summed E-state index contributed by atoms with van der Waals surface area (Å²) in [6, 6.07) is 2.96. The first-order valence-electron chi connectivity index (χ1n) is 3.18. The molecule has 0 saturated heterocycles. The van der Waals surface area contributed by atoms with Gasteiger partial charge in [0.2, 0.25) is 0 Å². The van der Waals surface area contributed by atoms with Gasteiger partial charge in [0.25, 0.3) is 0 Å². The minimum Gasteiger partial charge on any atom is -0.396 e. The van der Waals surface area contributed by atoms with E-state index in [1.165, 1.54) is 6.07 Å². The van der Waals surface area contributed by atoms with Crippen LogP contribution >= 0.6 is 11.3 Å². The first-order chi connectivity index (χ1) is 5.92. The lowest BCUT2D eigenvalue weighted by atomic mass is 10.3. The van der Waals surface area contributed by atoms with Crippen LogP contribution in [0.4, 0.5) is 13.2 Å². The lowest BCUT2D eigenvalue weighted by Gasteiger charge is -2.04. The van der Waals surface area contributed by atoms with Gasteiger partial charge in [0.15, 0.2) is 5.06 Å². The normalized spacial score (nSPS) is 11.0. The molecule has 0 aromatic carbocycles. The molecule has 0 unspecified atom stereocenters. The van der Waals surface area contributed by atoms with Gasteiger partial charge in [0.1, 0.15) is 10.9 Å². The highest BCUT2D eigenvalue weighted by atomic mass is 32.1. The number of hydrogen-bond acceptors (Lipinski definition) is 3. The lowest BCUT2D eigenvalue weighted by Crippen LogP contribution is -2.16. The highest BCUT2D eigenvalue weighted by Crippen LogP contribution is 2.32. The smallest absolute Gasteiger partial charge is 0.396 e. The summed E-state index contributed by atoms with van der Waals surface area (Å²) in [5.41, 5.74) is 0.492. The van der Waals surface area contributed by atoms with Gasteiger partial charge >= 0.3 is 6.36 Å². The number of nitrogens with zero attached hydrogens (tertiary/aromatic N) is 1. The van der Waals surface area contributed by atoms with Crippen LogP contribution in [-0.4, -0.2) is 6.36 Å². The van der Waals surface area contributed by atoms with Crippen LogP contribution in [0.3, 0.4) is 0 Å². The van der Waals surface area contributed by atoms with Crippen LogP contribution in [0.2, 0.25) is 0 Å². The van der Waals surface area contributed by atoms with E-state index in [4.69, 9.17) is 5.26 Å². The first-order valence-corrected chi connectivity index (χ1v) is 4.00. The standard InChI is InChI=1S/C7H4F3NOS/c1-4-2-6(12-7(8,9)10)13-5(4)3-11/h2H,1H3. The van der Waals surface area contributed by atoms with Crippen molar-refractivity contribution < 1.29 is 17.9 Å². The fourth-order valence-electron chi connectivity index (χ4n) is 0.728. The van der Waals surface area contributed by atoms with Crippen LogP contribution in [0.15, 0.2) is 6.07 Å². The van der Waals surface area contributed by atoms with Gasteiger partial charge in [-0.15, -0.1) is 13.2 Å². The van der Waals surface area contributed by atoms with Gasteiger partial charge in [-0.1, -0.05) is 11.3 Å². The zero-order valence-corrected chi connectivity index (χ0v) is 7.29. The Morgan fingerprint density at radius 2 is 2.15 bits per heavy atom. The minimum absolute atomic E-state index is 0.235. The number of rotatable bonds is 1. The molecule has 1 rings (SSSR count). The van der Waals surface area contributed by atoms with Crippen LogP contribution < -0.4 is 4.74 Å². The molecule has 2 nitrogen and oxygen atoms in total. The molecule has 70 valence electrons. The monoisotopic (exact) mass is 207 g/mol. The van der Waals surface area contributed by atoms with Crippen molar-refractivity contribution in [3.8, 4) is 11.1 Å². The maximum atomic E-state index is 11.7. The van der Waals surface area contributed by atoms with Gasteiger partial charge in [0.05, 0.1) is 0 Å². The Hall–Kier alpha value is -1.22. The van der Waals surface area contributed by atoms with E-state index in [-0.39, 0.29) is 9.94 Å². The molecule has 0 spiro atoms. The highest BCUT2D eigenvalue weighted by molar-refractivity contribution is 7.14. The Morgan fingerprint density at radius 3 is 2.54 bits per heavy atom. The van der Waals surface area contributed by atoms with Crippen molar-refractivity contribution in [2.75, 3.05) is 0 Å². The average molecular weight is 207 g/mol. The predicted octanol–water partition coefficient (Wildman–Crippen LogP) is 2.83. The maximum Gasteiger partial charge on any atom is 0.573 e. The lowest BCUT2D eigenvalue weighted by molar-refractivity contribution is -0.273. The molecule has 0 aliphatic carbocycles. The molecule has 0 saturated carbocycles. The van der Waals surface area contributed by atoms with Gasteiger partial charge in [-0.25, -0.2) is 0 Å². The van der Waals surface area contributed by atoms with E-state index in [1.54, 1.807) is 13.0 Å². The molecule has 0 atom stereocenters. The van der Waals surface area contributed by atoms with E-state index in [1.807, 2.05) is 0 Å². The second kappa shape index (κ2) is 3.26. The molecule has 0 aliphatic rings. The second-order valence-electron chi connectivity index (χ2n) is 2.24. The van der Waals surface area contributed by atoms with E-state index < -0.39 is 6.36 Å². The molecular formula is C7H4F3NOS. The van der Waals surface area contributed by atoms with Gasteiger partial charge in [0, 0.05) is 0 Å². The number of halogens is 3. The number of thiophene rings is 1. The van der Waals surface area contributed by atoms with Crippen molar-refractivity contribution in [3.05, 3.63) is 16.5 Å². The van der Waals surface area contributed by atoms with Crippen LogP contribution in [0.25, 0.3) is 0 Å². The molecule has 0 N–H and O–H groups in total. The first kappa shape index (κ1) is 9.86. The molecule has 13 heavy (non-hydrogen) atoms. The molecule has 0 aliphatic heterocycles. The van der Waals surface area contributed by atoms with Gasteiger partial charge in [-0.3, -0.25) is 0 Å². The number of alkyl halides is 3. The molecule has 1 aromatic rings. The Kier molecular flexibility index (Phi) is 2.48. The number of aryl methyl sites for hydroxylation is 1. The van der Waals surface area contributed by atoms with E-state index in [0.717, 1.165) is 0 Å². The fraction of sp³-hybridized carbons (Fsp3) is 0.286. The summed E-state index contributed by atoms with van der Waals surface area (Å²) >= 11 is 0.683. The topological polar surface area (TPSA) is 33.0 Å². The summed E-state index contributed by atoms with van der Waals surface area (Å²) < 4.78 is 38.7. The van der Waals surface area contributed by atoms with Crippen molar-refractivity contribution >= 4 is 11.3 Å². The van der Waals surface area contributed by atoms with Gasteiger partial charge < -0.3 is 4.74 Å². The highest BCUT2D eigenvalue weighted by Gasteiger charge is 2.32. The number of nitriles is 1. The van der Waals surface area contributed by atoms with E-state index in [2.05, 4.69) is 4.74 Å². The van der Waals surface area contributed by atoms with Gasteiger partial charge in [-0.05, 0) is 18.6 Å². The van der Waals surface area contributed by atoms with E-state index in [9.17, 15) is 13.2 Å². The number of ether oxygens (including phenoxy) is 1. The summed E-state index contributed by atoms with van der Waals surface area (Å²) in [5.74, 6) is 0. The zero-order valence-electron chi connectivity index (χ0n) is 6.47. The van der Waals surface area contributed by atoms with Crippen LogP contribution in [0, 0.1) is 18.3 Å². The molecular weight excluding hydrogens is 203 g/mol. The van der Waals surface area contributed by atoms with E-state index in [0.29, 0.717) is 16.9 Å². The molecule has 1 aromatic heterocycles. The summed E-state index contributed by atoms with van der Waals surface area (Å²) in [5, 5.41) is 8.15. The van der Waals surface area contributed by atoms with Crippen molar-refractivity contribution in [2.45, 2.75) is 13.3 Å². The zero-order chi connectivity index (χ0) is 10.1. The fourth-order valence-corrected chi connectivity index (χ4v) is 1.57. The van der Waals surface area contributed by atoms with Crippen molar-refractivity contribution in [1.29, 1.82) is 5.26 Å². The Labute approximate surface area is 76.2 Å². The van der Waals surface area contributed by atoms with E-state index >= 15 is 0 Å². The van der Waals surface area contributed by atoms with Crippen molar-refractivity contribution in [2.24, 2.45) is 0 Å².